The maximum Gasteiger partial charge on any atom is 0.131 e. The van der Waals surface area contributed by atoms with Gasteiger partial charge in [0.15, 0.2) is 0 Å². The molecular formula is C38H37ClF2O5. The van der Waals surface area contributed by atoms with Crippen LogP contribution in [-0.4, -0.2) is 45.8 Å². The average Bonchev–Trinajstić information content (AvgIpc) is 3.12. The van der Waals surface area contributed by atoms with E-state index in [0.29, 0.717) is 54.9 Å². The number of benzene rings is 4. The minimum Gasteiger partial charge on any atom is -0.497 e. The molecule has 2 heterocycles. The van der Waals surface area contributed by atoms with Gasteiger partial charge in [-0.05, 0) is 106 Å². The zero-order chi connectivity index (χ0) is 32.5. The lowest BCUT2D eigenvalue weighted by molar-refractivity contribution is 0.161. The van der Waals surface area contributed by atoms with Crippen molar-refractivity contribution < 1.29 is 32.8 Å². The number of methoxy groups -OCH3 is 2. The first-order chi connectivity index (χ1) is 22.4. The molecule has 4 aromatic rings. The van der Waals surface area contributed by atoms with E-state index < -0.39 is 0 Å². The van der Waals surface area contributed by atoms with Crippen LogP contribution in [0.5, 0.6) is 11.5 Å². The predicted molar refractivity (Wildman–Crippen MR) is 179 cm³/mol. The zero-order valence-electron chi connectivity index (χ0n) is 26.0. The number of halogens is 3. The number of aliphatic hydroxyl groups excluding tert-OH is 1. The molecule has 2 aliphatic rings. The number of hydrogen-bond acceptors (Lipinski definition) is 5. The van der Waals surface area contributed by atoms with E-state index in [9.17, 15) is 13.9 Å². The molecule has 8 heteroatoms. The molecule has 240 valence electrons. The molecule has 0 saturated heterocycles. The van der Waals surface area contributed by atoms with Crippen molar-refractivity contribution in [3.63, 3.8) is 0 Å². The second-order valence-corrected chi connectivity index (χ2v) is 11.1. The van der Waals surface area contributed by atoms with Gasteiger partial charge in [-0.25, -0.2) is 8.78 Å². The number of ether oxygens (including phenoxy) is 4. The Balaban J connectivity index is 0.000000181. The summed E-state index contributed by atoms with van der Waals surface area (Å²) in [5.41, 5.74) is 8.73. The van der Waals surface area contributed by atoms with E-state index in [4.69, 9.17) is 30.5 Å². The van der Waals surface area contributed by atoms with E-state index in [1.54, 1.807) is 38.5 Å². The minimum atomic E-state index is -0.295. The molecule has 46 heavy (non-hydrogen) atoms. The summed E-state index contributed by atoms with van der Waals surface area (Å²) < 4.78 is 50.0. The van der Waals surface area contributed by atoms with Gasteiger partial charge in [0.25, 0.3) is 0 Å². The summed E-state index contributed by atoms with van der Waals surface area (Å²) in [4.78, 5) is 0. The molecule has 0 aliphatic carbocycles. The second-order valence-electron chi connectivity index (χ2n) is 10.9. The summed E-state index contributed by atoms with van der Waals surface area (Å²) in [6, 6.07) is 21.0. The highest BCUT2D eigenvalue weighted by molar-refractivity contribution is 6.17. The highest BCUT2D eigenvalue weighted by Crippen LogP contribution is 2.37. The highest BCUT2D eigenvalue weighted by atomic mass is 35.5. The number of rotatable bonds is 8. The van der Waals surface area contributed by atoms with Crippen LogP contribution in [0.3, 0.4) is 0 Å². The van der Waals surface area contributed by atoms with Crippen molar-refractivity contribution in [3.8, 4) is 33.8 Å². The van der Waals surface area contributed by atoms with Crippen molar-refractivity contribution in [2.24, 2.45) is 0 Å². The maximum atomic E-state index is 14.4. The lowest BCUT2D eigenvalue weighted by Gasteiger charge is -2.19. The Hall–Kier alpha value is -4.01. The fourth-order valence-electron chi connectivity index (χ4n) is 5.58. The van der Waals surface area contributed by atoms with E-state index in [0.717, 1.165) is 51.8 Å². The molecular weight excluding hydrogens is 610 g/mol. The van der Waals surface area contributed by atoms with Crippen molar-refractivity contribution in [1.29, 1.82) is 0 Å². The van der Waals surface area contributed by atoms with E-state index in [1.807, 2.05) is 42.5 Å². The molecule has 0 saturated carbocycles. The lowest BCUT2D eigenvalue weighted by atomic mass is 9.90. The zero-order valence-corrected chi connectivity index (χ0v) is 26.7. The van der Waals surface area contributed by atoms with Gasteiger partial charge in [-0.15, -0.1) is 11.6 Å². The molecule has 5 nitrogen and oxygen atoms in total. The first-order valence-electron chi connectivity index (χ1n) is 15.1. The lowest BCUT2D eigenvalue weighted by Crippen LogP contribution is -2.05. The summed E-state index contributed by atoms with van der Waals surface area (Å²) >= 11 is 5.98. The minimum absolute atomic E-state index is 0.0440. The molecule has 0 bridgehead atoms. The number of hydrogen-bond donors (Lipinski definition) is 1. The molecule has 1 N–H and O–H groups in total. The second kappa shape index (κ2) is 16.0. The standard InChI is InChI=1S/C19H18ClFO2.C19H19FO3/c1-22-15-3-5-19(21)18(11-15)16-4-2-13(12-20)10-17(16)14-6-8-23-9-7-14;1-22-15-3-5-19(20)18(11-15)16-4-2-13(12-21)10-17(16)14-6-8-23-9-7-14/h2-6,10-11H,7-9,12H2,1H3;2-6,10-11,21H,7-9,12H2,1H3. The van der Waals surface area contributed by atoms with Crippen LogP contribution in [-0.2, 0) is 22.0 Å². The van der Waals surface area contributed by atoms with Crippen LogP contribution in [0.25, 0.3) is 33.4 Å². The van der Waals surface area contributed by atoms with Gasteiger partial charge < -0.3 is 24.1 Å². The third-order valence-corrected chi connectivity index (χ3v) is 8.36. The highest BCUT2D eigenvalue weighted by Gasteiger charge is 2.18. The van der Waals surface area contributed by atoms with Gasteiger partial charge in [0, 0.05) is 17.0 Å². The SMILES string of the molecule is COc1ccc(F)c(-c2ccc(CCl)cc2C2=CCOCC2)c1.COc1ccc(F)c(-c2ccc(CO)cc2C2=CCOCC2)c1. The van der Waals surface area contributed by atoms with E-state index in [-0.39, 0.29) is 18.2 Å². The Bertz CT molecular complexity index is 1610. The van der Waals surface area contributed by atoms with Gasteiger partial charge in [-0.2, -0.15) is 0 Å². The molecule has 0 amide bonds. The first-order valence-corrected chi connectivity index (χ1v) is 15.6. The topological polar surface area (TPSA) is 57.2 Å². The fourth-order valence-corrected chi connectivity index (χ4v) is 5.75. The van der Waals surface area contributed by atoms with Crippen LogP contribution in [0.4, 0.5) is 8.78 Å². The molecule has 0 radical (unpaired) electrons. The number of aliphatic hydroxyl groups is 1. The molecule has 0 aromatic heterocycles. The Labute approximate surface area is 273 Å². The Morgan fingerprint density at radius 2 is 1.11 bits per heavy atom. The van der Waals surface area contributed by atoms with Crippen LogP contribution in [0.1, 0.15) is 35.1 Å². The molecule has 4 aromatic carbocycles. The summed E-state index contributed by atoms with van der Waals surface area (Å²) in [7, 11) is 3.14. The van der Waals surface area contributed by atoms with Crippen molar-refractivity contribution in [2.45, 2.75) is 25.3 Å². The molecule has 0 unspecified atom stereocenters. The van der Waals surface area contributed by atoms with E-state index in [2.05, 4.69) is 6.08 Å². The summed E-state index contributed by atoms with van der Waals surface area (Å²) in [5.74, 6) is 1.11. The smallest absolute Gasteiger partial charge is 0.131 e. The summed E-state index contributed by atoms with van der Waals surface area (Å²) in [6.45, 7) is 2.42. The third-order valence-electron chi connectivity index (χ3n) is 8.05. The quantitative estimate of drug-likeness (QED) is 0.194. The van der Waals surface area contributed by atoms with Crippen LogP contribution in [0.15, 0.2) is 84.9 Å². The van der Waals surface area contributed by atoms with Crippen LogP contribution in [0, 0.1) is 11.6 Å². The summed E-state index contributed by atoms with van der Waals surface area (Å²) in [6.07, 6.45) is 5.65. The Kier molecular flexibility index (Phi) is 11.6. The average molecular weight is 647 g/mol. The molecule has 2 aliphatic heterocycles. The fraction of sp³-hybridized carbons (Fsp3) is 0.263. The molecule has 0 fully saturated rings. The van der Waals surface area contributed by atoms with Crippen molar-refractivity contribution >= 4 is 22.7 Å². The largest absolute Gasteiger partial charge is 0.497 e. The van der Waals surface area contributed by atoms with Crippen LogP contribution >= 0.6 is 11.6 Å². The predicted octanol–water partition coefficient (Wildman–Crippen LogP) is 8.84. The van der Waals surface area contributed by atoms with Gasteiger partial charge in [0.2, 0.25) is 0 Å². The van der Waals surface area contributed by atoms with Crippen molar-refractivity contribution in [2.75, 3.05) is 40.6 Å². The van der Waals surface area contributed by atoms with Crippen molar-refractivity contribution in [3.05, 3.63) is 119 Å². The Morgan fingerprint density at radius 1 is 0.630 bits per heavy atom. The molecule has 0 spiro atoms. The van der Waals surface area contributed by atoms with Gasteiger partial charge in [0.1, 0.15) is 23.1 Å². The van der Waals surface area contributed by atoms with E-state index in [1.165, 1.54) is 17.7 Å². The first kappa shape index (κ1) is 33.4. The van der Waals surface area contributed by atoms with Gasteiger partial charge >= 0.3 is 0 Å². The van der Waals surface area contributed by atoms with Crippen molar-refractivity contribution in [1.82, 2.24) is 0 Å². The molecule has 0 atom stereocenters. The normalized spacial score (nSPS) is 14.5. The van der Waals surface area contributed by atoms with E-state index >= 15 is 0 Å². The van der Waals surface area contributed by atoms with Gasteiger partial charge in [-0.1, -0.05) is 36.4 Å². The van der Waals surface area contributed by atoms with Gasteiger partial charge in [0.05, 0.1) is 47.3 Å². The number of alkyl halides is 1. The maximum absolute atomic E-state index is 14.4. The van der Waals surface area contributed by atoms with Crippen LogP contribution < -0.4 is 9.47 Å². The monoisotopic (exact) mass is 646 g/mol. The van der Waals surface area contributed by atoms with Gasteiger partial charge in [-0.3, -0.25) is 0 Å². The molecule has 6 rings (SSSR count). The third kappa shape index (κ3) is 7.85. The van der Waals surface area contributed by atoms with Crippen LogP contribution in [0.2, 0.25) is 0 Å². The Morgan fingerprint density at radius 3 is 1.52 bits per heavy atom. The summed E-state index contributed by atoms with van der Waals surface area (Å²) in [5, 5.41) is 9.42.